The van der Waals surface area contributed by atoms with Crippen LogP contribution in [0.4, 0.5) is 0 Å². The Balaban J connectivity index is 2.28. The van der Waals surface area contributed by atoms with Gasteiger partial charge >= 0.3 is 5.97 Å². The molecule has 3 heteroatoms. The van der Waals surface area contributed by atoms with Gasteiger partial charge in [-0.2, -0.15) is 0 Å². The maximum Gasteiger partial charge on any atom is 0.307 e. The van der Waals surface area contributed by atoms with Crippen molar-refractivity contribution < 1.29 is 15.0 Å². The standard InChI is InChI=1S/C14H18O3/c1-2-3-13(14(16)17)12-6-4-9-8-10(15)5-7-11(9)12/h5,7-8,12-13,15H,2-4,6H2,1H3,(H,16,17)/t12-,13?/m1/s1. The third-order valence-electron chi connectivity index (χ3n) is 3.65. The van der Waals surface area contributed by atoms with E-state index in [9.17, 15) is 15.0 Å². The summed E-state index contributed by atoms with van der Waals surface area (Å²) in [6.07, 6.45) is 3.37. The van der Waals surface area contributed by atoms with Crippen LogP contribution in [0.3, 0.4) is 0 Å². The lowest BCUT2D eigenvalue weighted by Gasteiger charge is -2.20. The zero-order valence-corrected chi connectivity index (χ0v) is 10.0. The zero-order valence-electron chi connectivity index (χ0n) is 10.0. The van der Waals surface area contributed by atoms with Gasteiger partial charge in [-0.3, -0.25) is 4.79 Å². The summed E-state index contributed by atoms with van der Waals surface area (Å²) in [5.41, 5.74) is 2.22. The number of benzene rings is 1. The molecule has 0 saturated heterocycles. The predicted octanol–water partition coefficient (Wildman–Crippen LogP) is 2.92. The number of fused-ring (bicyclic) bond motifs is 1. The van der Waals surface area contributed by atoms with E-state index in [1.807, 2.05) is 13.0 Å². The molecule has 17 heavy (non-hydrogen) atoms. The van der Waals surface area contributed by atoms with E-state index in [4.69, 9.17) is 0 Å². The molecule has 1 aromatic rings. The van der Waals surface area contributed by atoms with E-state index in [-0.39, 0.29) is 17.6 Å². The highest BCUT2D eigenvalue weighted by Gasteiger charge is 2.33. The molecule has 2 atom stereocenters. The molecule has 92 valence electrons. The molecule has 2 rings (SSSR count). The van der Waals surface area contributed by atoms with Crippen molar-refractivity contribution >= 4 is 5.97 Å². The molecule has 0 amide bonds. The number of aryl methyl sites for hydroxylation is 1. The molecule has 0 fully saturated rings. The summed E-state index contributed by atoms with van der Waals surface area (Å²) < 4.78 is 0. The molecule has 0 spiro atoms. The summed E-state index contributed by atoms with van der Waals surface area (Å²) in [6, 6.07) is 5.30. The Hall–Kier alpha value is -1.51. The highest BCUT2D eigenvalue weighted by atomic mass is 16.4. The van der Waals surface area contributed by atoms with Crippen molar-refractivity contribution in [2.45, 2.75) is 38.5 Å². The summed E-state index contributed by atoms with van der Waals surface area (Å²) in [6.45, 7) is 2.02. The molecule has 2 N–H and O–H groups in total. The normalized spacial score (nSPS) is 19.9. The van der Waals surface area contributed by atoms with Crippen LogP contribution in [0.15, 0.2) is 18.2 Å². The van der Waals surface area contributed by atoms with Crippen molar-refractivity contribution in [2.75, 3.05) is 0 Å². The van der Waals surface area contributed by atoms with Gasteiger partial charge in [-0.05, 0) is 48.4 Å². The molecule has 1 unspecified atom stereocenters. The van der Waals surface area contributed by atoms with E-state index in [1.54, 1.807) is 12.1 Å². The van der Waals surface area contributed by atoms with Crippen molar-refractivity contribution in [1.82, 2.24) is 0 Å². The number of hydrogen-bond donors (Lipinski definition) is 2. The van der Waals surface area contributed by atoms with Crippen molar-refractivity contribution in [3.63, 3.8) is 0 Å². The highest BCUT2D eigenvalue weighted by Crippen LogP contribution is 2.41. The van der Waals surface area contributed by atoms with E-state index >= 15 is 0 Å². The number of carboxylic acid groups (broad SMARTS) is 1. The Morgan fingerprint density at radius 1 is 1.53 bits per heavy atom. The van der Waals surface area contributed by atoms with Gasteiger partial charge in [-0.15, -0.1) is 0 Å². The molecule has 0 heterocycles. The number of rotatable bonds is 4. The van der Waals surface area contributed by atoms with Gasteiger partial charge < -0.3 is 10.2 Å². The first kappa shape index (κ1) is 12.0. The Morgan fingerprint density at radius 2 is 2.29 bits per heavy atom. The Labute approximate surface area is 101 Å². The van der Waals surface area contributed by atoms with Crippen LogP contribution in [0.2, 0.25) is 0 Å². The van der Waals surface area contributed by atoms with Crippen LogP contribution < -0.4 is 0 Å². The molecule has 3 nitrogen and oxygen atoms in total. The maximum atomic E-state index is 11.3. The van der Waals surface area contributed by atoms with Crippen LogP contribution in [0, 0.1) is 5.92 Å². The van der Waals surface area contributed by atoms with Gasteiger partial charge in [0.25, 0.3) is 0 Å². The van der Waals surface area contributed by atoms with Gasteiger partial charge in [-0.25, -0.2) is 0 Å². The van der Waals surface area contributed by atoms with Gasteiger partial charge in [0.05, 0.1) is 5.92 Å². The number of aliphatic carboxylic acids is 1. The van der Waals surface area contributed by atoms with Crippen molar-refractivity contribution in [2.24, 2.45) is 5.92 Å². The largest absolute Gasteiger partial charge is 0.508 e. The average molecular weight is 234 g/mol. The lowest BCUT2D eigenvalue weighted by molar-refractivity contribution is -0.142. The summed E-state index contributed by atoms with van der Waals surface area (Å²) >= 11 is 0. The topological polar surface area (TPSA) is 57.5 Å². The minimum Gasteiger partial charge on any atom is -0.508 e. The van der Waals surface area contributed by atoms with E-state index in [2.05, 4.69) is 0 Å². The second kappa shape index (κ2) is 4.78. The average Bonchev–Trinajstić information content (AvgIpc) is 2.68. The molecule has 0 aliphatic heterocycles. The van der Waals surface area contributed by atoms with Crippen LogP contribution in [0.5, 0.6) is 5.75 Å². The van der Waals surface area contributed by atoms with E-state index in [0.29, 0.717) is 0 Å². The van der Waals surface area contributed by atoms with Gasteiger partial charge in [-0.1, -0.05) is 19.4 Å². The number of phenols is 1. The molecule has 0 bridgehead atoms. The molecule has 1 aliphatic carbocycles. The lowest BCUT2D eigenvalue weighted by atomic mass is 9.84. The summed E-state index contributed by atoms with van der Waals surface area (Å²) in [5, 5.41) is 18.7. The quantitative estimate of drug-likeness (QED) is 0.842. The van der Waals surface area contributed by atoms with Crippen LogP contribution >= 0.6 is 0 Å². The summed E-state index contributed by atoms with van der Waals surface area (Å²) in [7, 11) is 0. The Kier molecular flexibility index (Phi) is 3.36. The maximum absolute atomic E-state index is 11.3. The Morgan fingerprint density at radius 3 is 2.94 bits per heavy atom. The summed E-state index contributed by atoms with van der Waals surface area (Å²) in [4.78, 5) is 11.3. The fourth-order valence-electron chi connectivity index (χ4n) is 2.86. The van der Waals surface area contributed by atoms with Crippen LogP contribution in [-0.4, -0.2) is 16.2 Å². The molecule has 1 aromatic carbocycles. The first-order chi connectivity index (χ1) is 8.13. The molecular weight excluding hydrogens is 216 g/mol. The minimum atomic E-state index is -0.697. The van der Waals surface area contributed by atoms with Gasteiger partial charge in [0.1, 0.15) is 5.75 Å². The van der Waals surface area contributed by atoms with E-state index < -0.39 is 5.97 Å². The van der Waals surface area contributed by atoms with E-state index in [0.717, 1.165) is 36.8 Å². The van der Waals surface area contributed by atoms with Gasteiger partial charge in [0.2, 0.25) is 0 Å². The molecule has 0 aromatic heterocycles. The molecule has 1 aliphatic rings. The monoisotopic (exact) mass is 234 g/mol. The number of hydrogen-bond acceptors (Lipinski definition) is 2. The van der Waals surface area contributed by atoms with Crippen molar-refractivity contribution in [3.05, 3.63) is 29.3 Å². The smallest absolute Gasteiger partial charge is 0.307 e. The SMILES string of the molecule is CCCC(C(=O)O)[C@@H]1CCc2cc(O)ccc21. The van der Waals surface area contributed by atoms with Crippen LogP contribution in [-0.2, 0) is 11.2 Å². The molecule has 0 radical (unpaired) electrons. The first-order valence-electron chi connectivity index (χ1n) is 6.18. The third kappa shape index (κ3) is 2.28. The van der Waals surface area contributed by atoms with Gasteiger partial charge in [0, 0.05) is 0 Å². The summed E-state index contributed by atoms with van der Waals surface area (Å²) in [5.74, 6) is -0.599. The number of phenolic OH excluding ortho intramolecular Hbond substituents is 1. The van der Waals surface area contributed by atoms with E-state index in [1.165, 1.54) is 0 Å². The fourth-order valence-corrected chi connectivity index (χ4v) is 2.86. The lowest BCUT2D eigenvalue weighted by Crippen LogP contribution is -2.20. The second-order valence-corrected chi connectivity index (χ2v) is 4.76. The van der Waals surface area contributed by atoms with Crippen LogP contribution in [0.1, 0.15) is 43.2 Å². The molecular formula is C14H18O3. The zero-order chi connectivity index (χ0) is 12.4. The van der Waals surface area contributed by atoms with Crippen molar-refractivity contribution in [1.29, 1.82) is 0 Å². The van der Waals surface area contributed by atoms with Crippen molar-refractivity contribution in [3.8, 4) is 5.75 Å². The molecule has 0 saturated carbocycles. The number of carboxylic acids is 1. The van der Waals surface area contributed by atoms with Crippen LogP contribution in [0.25, 0.3) is 0 Å². The minimum absolute atomic E-state index is 0.114. The third-order valence-corrected chi connectivity index (χ3v) is 3.65. The highest BCUT2D eigenvalue weighted by molar-refractivity contribution is 5.72. The number of aromatic hydroxyl groups is 1. The number of carbonyl (C=O) groups is 1. The first-order valence-corrected chi connectivity index (χ1v) is 6.18. The second-order valence-electron chi connectivity index (χ2n) is 4.76. The van der Waals surface area contributed by atoms with Gasteiger partial charge in [0.15, 0.2) is 0 Å². The fraction of sp³-hybridized carbons (Fsp3) is 0.500. The Bertz CT molecular complexity index is 425. The predicted molar refractivity (Wildman–Crippen MR) is 65.2 cm³/mol.